The van der Waals surface area contributed by atoms with Gasteiger partial charge in [-0.2, -0.15) is 0 Å². The molecule has 0 saturated heterocycles. The fraction of sp³-hybridized carbons (Fsp3) is 0.955. The molecule has 0 radical (unpaired) electrons. The van der Waals surface area contributed by atoms with Crippen molar-refractivity contribution in [1.29, 1.82) is 0 Å². The number of aliphatic hydroxyl groups is 2. The number of nitrogens with one attached hydrogen (secondary N) is 1. The van der Waals surface area contributed by atoms with Gasteiger partial charge in [-0.15, -0.1) is 0 Å². The average molecular weight is 1000 g/mol. The summed E-state index contributed by atoms with van der Waals surface area (Å²) in [4.78, 5) is 12.5. The summed E-state index contributed by atoms with van der Waals surface area (Å²) < 4.78 is 0. The first-order chi connectivity index (χ1) is 35.2. The Morgan fingerprint density at radius 3 is 0.775 bits per heavy atom. The highest BCUT2D eigenvalue weighted by atomic mass is 16.3. The Labute approximate surface area is 447 Å². The Morgan fingerprint density at radius 2 is 0.535 bits per heavy atom. The Hall–Kier alpha value is -0.870. The maximum Gasteiger partial charge on any atom is 0.220 e. The van der Waals surface area contributed by atoms with Gasteiger partial charge in [0.05, 0.1) is 18.8 Å². The summed E-state index contributed by atoms with van der Waals surface area (Å²) in [5.41, 5.74) is 0. The van der Waals surface area contributed by atoms with Gasteiger partial charge < -0.3 is 15.5 Å². The number of hydrogen-bond donors (Lipinski definition) is 3. The van der Waals surface area contributed by atoms with Crippen molar-refractivity contribution < 1.29 is 15.0 Å². The summed E-state index contributed by atoms with van der Waals surface area (Å²) in [6, 6.07) is -0.534. The maximum atomic E-state index is 12.5. The molecule has 0 aliphatic heterocycles. The average Bonchev–Trinajstić information content (AvgIpc) is 3.37. The summed E-state index contributed by atoms with van der Waals surface area (Å²) in [7, 11) is 0. The van der Waals surface area contributed by atoms with Crippen LogP contribution in [0.2, 0.25) is 0 Å². The second-order valence-corrected chi connectivity index (χ2v) is 23.2. The minimum Gasteiger partial charge on any atom is -0.394 e. The zero-order valence-electron chi connectivity index (χ0n) is 49.0. The summed E-state index contributed by atoms with van der Waals surface area (Å²) in [6.07, 6.45) is 84.0. The van der Waals surface area contributed by atoms with Crippen LogP contribution in [-0.2, 0) is 4.79 Å². The van der Waals surface area contributed by atoms with E-state index < -0.39 is 12.1 Å². The Bertz CT molecular complexity index is 998. The van der Waals surface area contributed by atoms with Crippen LogP contribution in [0.1, 0.15) is 393 Å². The van der Waals surface area contributed by atoms with E-state index in [1.54, 1.807) is 0 Å². The fourth-order valence-electron chi connectivity index (χ4n) is 11.0. The summed E-state index contributed by atoms with van der Waals surface area (Å²) >= 11 is 0. The van der Waals surface area contributed by atoms with E-state index in [-0.39, 0.29) is 12.5 Å². The van der Waals surface area contributed by atoms with Crippen molar-refractivity contribution in [2.75, 3.05) is 6.61 Å². The normalized spacial score (nSPS) is 12.7. The molecule has 4 heteroatoms. The molecule has 0 spiro atoms. The lowest BCUT2D eigenvalue weighted by atomic mass is 10.0. The van der Waals surface area contributed by atoms with Crippen LogP contribution >= 0.6 is 0 Å². The number of aliphatic hydroxyl groups excluding tert-OH is 2. The van der Waals surface area contributed by atoms with Gasteiger partial charge in [0, 0.05) is 6.42 Å². The zero-order chi connectivity index (χ0) is 51.3. The van der Waals surface area contributed by atoms with Gasteiger partial charge in [0.2, 0.25) is 5.91 Å². The molecule has 0 aromatic heterocycles. The first-order valence-electron chi connectivity index (χ1n) is 33.4. The third-order valence-electron chi connectivity index (χ3n) is 16.0. The van der Waals surface area contributed by atoms with Gasteiger partial charge in [-0.1, -0.05) is 360 Å². The van der Waals surface area contributed by atoms with E-state index in [1.807, 2.05) is 0 Å². The standard InChI is InChI=1S/C67H133NO3/c1-3-5-7-9-11-13-15-17-19-21-23-25-27-29-30-31-32-33-34-35-36-37-38-39-41-43-45-47-49-51-53-55-57-59-61-63-67(71)68-65(64-69)66(70)62-60-58-56-54-52-50-48-46-44-42-40-28-26-24-22-20-18-16-14-12-10-8-6-4-2/h31-32,65-66,69-70H,3-30,33-64H2,1-2H3,(H,68,71)/b32-31-. The minimum atomic E-state index is -0.658. The molecular formula is C67H133NO3. The van der Waals surface area contributed by atoms with Crippen LogP contribution in [-0.4, -0.2) is 34.9 Å². The van der Waals surface area contributed by atoms with Crippen LogP contribution in [0.25, 0.3) is 0 Å². The largest absolute Gasteiger partial charge is 0.394 e. The number of rotatable bonds is 63. The number of unbranched alkanes of at least 4 members (excludes halogenated alkanes) is 54. The van der Waals surface area contributed by atoms with E-state index in [2.05, 4.69) is 31.3 Å². The third kappa shape index (κ3) is 59.9. The number of carbonyl (C=O) groups excluding carboxylic acids is 1. The Kier molecular flexibility index (Phi) is 62.6. The van der Waals surface area contributed by atoms with Crippen molar-refractivity contribution in [3.8, 4) is 0 Å². The molecule has 0 aromatic carbocycles. The van der Waals surface area contributed by atoms with E-state index in [0.717, 1.165) is 25.7 Å². The molecule has 0 aliphatic carbocycles. The van der Waals surface area contributed by atoms with Crippen LogP contribution in [0.15, 0.2) is 12.2 Å². The van der Waals surface area contributed by atoms with Gasteiger partial charge >= 0.3 is 0 Å². The van der Waals surface area contributed by atoms with Gasteiger partial charge in [0.25, 0.3) is 0 Å². The second-order valence-electron chi connectivity index (χ2n) is 23.2. The van der Waals surface area contributed by atoms with Gasteiger partial charge in [-0.3, -0.25) is 4.79 Å². The van der Waals surface area contributed by atoms with Crippen LogP contribution in [0, 0.1) is 0 Å². The van der Waals surface area contributed by atoms with E-state index in [4.69, 9.17) is 0 Å². The van der Waals surface area contributed by atoms with Crippen molar-refractivity contribution in [2.45, 2.75) is 405 Å². The quantitative estimate of drug-likeness (QED) is 0.0420. The summed E-state index contributed by atoms with van der Waals surface area (Å²) in [6.45, 7) is 4.41. The minimum absolute atomic E-state index is 0.0219. The second kappa shape index (κ2) is 63.4. The molecule has 0 bridgehead atoms. The molecule has 0 aromatic rings. The topological polar surface area (TPSA) is 69.6 Å². The predicted molar refractivity (Wildman–Crippen MR) is 318 cm³/mol. The van der Waals surface area contributed by atoms with Crippen LogP contribution in [0.4, 0.5) is 0 Å². The SMILES string of the molecule is CCCCCCCCCCCCCCCC/C=C\CCCCCCCCCCCCCCCCCCCC(=O)NC(CO)C(O)CCCCCCCCCCCCCCCCCCCCCCCCCC. The molecular weight excluding hydrogens is 867 g/mol. The Balaban J connectivity index is 3.38. The zero-order valence-corrected chi connectivity index (χ0v) is 49.0. The van der Waals surface area contributed by atoms with Gasteiger partial charge in [-0.25, -0.2) is 0 Å². The molecule has 0 rings (SSSR count). The number of hydrogen-bond acceptors (Lipinski definition) is 3. The third-order valence-corrected chi connectivity index (χ3v) is 16.0. The molecule has 0 heterocycles. The number of carbonyl (C=O) groups is 1. The molecule has 0 saturated carbocycles. The first-order valence-corrected chi connectivity index (χ1v) is 33.4. The van der Waals surface area contributed by atoms with E-state index in [9.17, 15) is 15.0 Å². The summed E-state index contributed by atoms with van der Waals surface area (Å²) in [5.74, 6) is -0.0219. The van der Waals surface area contributed by atoms with Crippen LogP contribution in [0.3, 0.4) is 0 Å². The van der Waals surface area contributed by atoms with E-state index >= 15 is 0 Å². The molecule has 3 N–H and O–H groups in total. The molecule has 2 unspecified atom stereocenters. The molecule has 4 nitrogen and oxygen atoms in total. The highest BCUT2D eigenvalue weighted by molar-refractivity contribution is 5.76. The predicted octanol–water partition coefficient (Wildman–Crippen LogP) is 22.4. The first kappa shape index (κ1) is 70.1. The van der Waals surface area contributed by atoms with Crippen molar-refractivity contribution in [1.82, 2.24) is 5.32 Å². The molecule has 71 heavy (non-hydrogen) atoms. The maximum absolute atomic E-state index is 12.5. The van der Waals surface area contributed by atoms with Crippen molar-refractivity contribution in [2.24, 2.45) is 0 Å². The van der Waals surface area contributed by atoms with Crippen LogP contribution in [0.5, 0.6) is 0 Å². The molecule has 1 amide bonds. The number of allylic oxidation sites excluding steroid dienone is 2. The van der Waals surface area contributed by atoms with Crippen LogP contribution < -0.4 is 5.32 Å². The molecule has 424 valence electrons. The van der Waals surface area contributed by atoms with Crippen molar-refractivity contribution in [3.63, 3.8) is 0 Å². The lowest BCUT2D eigenvalue weighted by Crippen LogP contribution is -2.45. The van der Waals surface area contributed by atoms with Gasteiger partial charge in [0.15, 0.2) is 0 Å². The number of amides is 1. The Morgan fingerprint density at radius 1 is 0.324 bits per heavy atom. The highest BCUT2D eigenvalue weighted by Crippen LogP contribution is 2.19. The molecule has 0 fully saturated rings. The smallest absolute Gasteiger partial charge is 0.220 e. The molecule has 2 atom stereocenters. The van der Waals surface area contributed by atoms with E-state index in [1.165, 1.54) is 340 Å². The van der Waals surface area contributed by atoms with E-state index in [0.29, 0.717) is 12.8 Å². The lowest BCUT2D eigenvalue weighted by molar-refractivity contribution is -0.123. The highest BCUT2D eigenvalue weighted by Gasteiger charge is 2.20. The van der Waals surface area contributed by atoms with Gasteiger partial charge in [-0.05, 0) is 38.5 Å². The lowest BCUT2D eigenvalue weighted by Gasteiger charge is -2.22. The van der Waals surface area contributed by atoms with Gasteiger partial charge in [0.1, 0.15) is 0 Å². The monoisotopic (exact) mass is 1000 g/mol. The summed E-state index contributed by atoms with van der Waals surface area (Å²) in [5, 5.41) is 23.4. The van der Waals surface area contributed by atoms with Crippen molar-refractivity contribution >= 4 is 5.91 Å². The fourth-order valence-corrected chi connectivity index (χ4v) is 11.0. The van der Waals surface area contributed by atoms with Crippen molar-refractivity contribution in [3.05, 3.63) is 12.2 Å². The molecule has 0 aliphatic rings.